The van der Waals surface area contributed by atoms with Crippen molar-refractivity contribution in [2.75, 3.05) is 44.2 Å². The van der Waals surface area contributed by atoms with Crippen molar-refractivity contribution in [2.45, 2.75) is 70.1 Å². The maximum absolute atomic E-state index is 14.1. The Hall–Kier alpha value is -3.76. The van der Waals surface area contributed by atoms with E-state index < -0.39 is 11.4 Å². The molecule has 49 heavy (non-hydrogen) atoms. The molecular formula is C35H40IN7O6. The number of hydrogen-bond donors (Lipinski definition) is 3. The fourth-order valence-corrected chi connectivity index (χ4v) is 8.63. The van der Waals surface area contributed by atoms with E-state index in [-0.39, 0.29) is 35.5 Å². The molecule has 8 rings (SSSR count). The molecule has 0 bridgehead atoms. The van der Waals surface area contributed by atoms with Crippen LogP contribution in [-0.4, -0.2) is 91.0 Å². The summed E-state index contributed by atoms with van der Waals surface area (Å²) in [4.78, 5) is 41.7. The smallest absolute Gasteiger partial charge is 0.434 e. The van der Waals surface area contributed by atoms with Crippen LogP contribution in [0.5, 0.6) is 11.8 Å². The van der Waals surface area contributed by atoms with Crippen molar-refractivity contribution in [3.8, 4) is 11.8 Å². The second-order valence-electron chi connectivity index (χ2n) is 14.6. The average Bonchev–Trinajstić information content (AvgIpc) is 3.46. The Balaban J connectivity index is 1.03. The van der Waals surface area contributed by atoms with Crippen LogP contribution in [0, 0.1) is 8.99 Å². The number of nitrogens with zero attached hydrogens (tertiary/aromatic N) is 6. The first-order valence-electron chi connectivity index (χ1n) is 17.0. The van der Waals surface area contributed by atoms with Gasteiger partial charge in [-0.3, -0.25) is 4.79 Å². The third kappa shape index (κ3) is 6.61. The zero-order valence-corrected chi connectivity index (χ0v) is 29.6. The number of ether oxygens (including phenoxy) is 1. The summed E-state index contributed by atoms with van der Waals surface area (Å²) in [7, 11) is 0. The van der Waals surface area contributed by atoms with Gasteiger partial charge >= 0.3 is 11.8 Å². The highest BCUT2D eigenvalue weighted by molar-refractivity contribution is 14.1. The molecule has 5 heterocycles. The monoisotopic (exact) mass is 781 g/mol. The van der Waals surface area contributed by atoms with E-state index in [2.05, 4.69) is 42.6 Å². The largest absolute Gasteiger partial charge is 0.508 e. The van der Waals surface area contributed by atoms with Crippen LogP contribution in [0.15, 0.2) is 39.5 Å². The number of β-amino-alcohol motifs (C(OH)–C–C–N with tert-alkyl or cyclic N) is 1. The maximum Gasteiger partial charge on any atom is 0.434 e. The van der Waals surface area contributed by atoms with E-state index in [1.807, 2.05) is 25.1 Å². The summed E-state index contributed by atoms with van der Waals surface area (Å²) in [5, 5.41) is 29.6. The highest BCUT2D eigenvalue weighted by Gasteiger charge is 2.46. The Morgan fingerprint density at radius 1 is 1.16 bits per heavy atom. The van der Waals surface area contributed by atoms with Crippen molar-refractivity contribution in [3.05, 3.63) is 67.2 Å². The molecule has 3 N–H and O–H groups in total. The van der Waals surface area contributed by atoms with E-state index in [1.54, 1.807) is 17.0 Å². The van der Waals surface area contributed by atoms with Gasteiger partial charge in [-0.15, -0.1) is 5.10 Å². The van der Waals surface area contributed by atoms with Gasteiger partial charge in [-0.2, -0.15) is 9.97 Å². The fraction of sp³-hybridized carbons (Fsp3) is 0.514. The van der Waals surface area contributed by atoms with E-state index in [0.29, 0.717) is 43.4 Å². The number of aliphatic hydroxyl groups is 1. The number of benzene rings is 2. The van der Waals surface area contributed by atoms with E-state index >= 15 is 0 Å². The fourth-order valence-electron chi connectivity index (χ4n) is 7.82. The van der Waals surface area contributed by atoms with Crippen LogP contribution < -0.4 is 15.4 Å². The van der Waals surface area contributed by atoms with Crippen molar-refractivity contribution in [2.24, 2.45) is 5.41 Å². The van der Waals surface area contributed by atoms with E-state index in [9.17, 15) is 19.8 Å². The van der Waals surface area contributed by atoms with Gasteiger partial charge in [-0.1, -0.05) is 12.1 Å². The molecule has 1 amide bonds. The van der Waals surface area contributed by atoms with Gasteiger partial charge in [0.05, 0.1) is 42.5 Å². The topological polar surface area (TPSA) is 161 Å². The van der Waals surface area contributed by atoms with Crippen LogP contribution in [-0.2, 0) is 13.1 Å². The van der Waals surface area contributed by atoms with E-state index in [4.69, 9.17) is 19.1 Å². The number of piperidine rings is 2. The summed E-state index contributed by atoms with van der Waals surface area (Å²) < 4.78 is 12.6. The molecule has 2 saturated heterocycles. The molecule has 258 valence electrons. The van der Waals surface area contributed by atoms with E-state index in [1.165, 1.54) is 0 Å². The standard InChI is InChI=1S/C35H40IN7O6/c1-34(47)8-4-12-42(18-34)29-25-16-43(31(45)24-14-23(44)13-21-5-2-7-26(36)28(21)24)17-27(25)37-32(38-29)48-20-35(9-10-35)19-41-11-3-6-22(15-41)30-39-40-33(46)49-30/h2,5,7,13-14,22,44,47H,3-4,6,8-12,15-20H2,1H3,(H,40,46)/t22?,34-/m1/s1. The molecule has 13 nitrogen and oxygen atoms in total. The third-order valence-electron chi connectivity index (χ3n) is 10.5. The molecule has 1 aliphatic carbocycles. The molecule has 3 aliphatic heterocycles. The number of fused-ring (bicyclic) bond motifs is 2. The summed E-state index contributed by atoms with van der Waals surface area (Å²) in [6, 6.07) is 9.28. The number of aromatic nitrogens is 4. The number of carbonyl (C=O) groups excluding carboxylic acids is 1. The molecule has 3 fully saturated rings. The summed E-state index contributed by atoms with van der Waals surface area (Å²) >= 11 is 2.23. The summed E-state index contributed by atoms with van der Waals surface area (Å²) in [6.45, 7) is 6.70. The van der Waals surface area contributed by atoms with Crippen LogP contribution in [0.1, 0.15) is 78.9 Å². The first-order chi connectivity index (χ1) is 23.5. The molecule has 14 heteroatoms. The Bertz CT molecular complexity index is 1970. The van der Waals surface area contributed by atoms with E-state index in [0.717, 1.165) is 83.9 Å². The predicted octanol–water partition coefficient (Wildman–Crippen LogP) is 4.16. The number of phenols is 1. The van der Waals surface area contributed by atoms with Crippen molar-refractivity contribution in [1.82, 2.24) is 30.0 Å². The molecule has 2 aromatic carbocycles. The van der Waals surface area contributed by atoms with Gasteiger partial charge in [0, 0.05) is 46.1 Å². The molecule has 4 aliphatic rings. The normalized spacial score (nSPS) is 23.5. The summed E-state index contributed by atoms with van der Waals surface area (Å²) in [5.74, 6) is 0.605. The molecule has 0 radical (unpaired) electrons. The Morgan fingerprint density at radius 2 is 2.02 bits per heavy atom. The number of aromatic hydroxyl groups is 1. The first kappa shape index (κ1) is 32.4. The van der Waals surface area contributed by atoms with Crippen molar-refractivity contribution in [3.63, 3.8) is 0 Å². The summed E-state index contributed by atoms with van der Waals surface area (Å²) in [5.41, 5.74) is 1.18. The number of rotatable bonds is 8. The summed E-state index contributed by atoms with van der Waals surface area (Å²) in [6.07, 6.45) is 5.54. The molecule has 1 unspecified atom stereocenters. The molecule has 2 atom stereocenters. The number of anilines is 1. The maximum atomic E-state index is 14.1. The van der Waals surface area contributed by atoms with Crippen LogP contribution in [0.25, 0.3) is 10.8 Å². The minimum absolute atomic E-state index is 0.0128. The lowest BCUT2D eigenvalue weighted by Crippen LogP contribution is -2.47. The molecular weight excluding hydrogens is 741 g/mol. The number of aromatic amines is 1. The van der Waals surface area contributed by atoms with Crippen LogP contribution in [0.3, 0.4) is 0 Å². The van der Waals surface area contributed by atoms with Crippen LogP contribution in [0.4, 0.5) is 5.82 Å². The lowest BCUT2D eigenvalue weighted by atomic mass is 9.95. The van der Waals surface area contributed by atoms with Gasteiger partial charge in [-0.25, -0.2) is 9.89 Å². The van der Waals surface area contributed by atoms with Gasteiger partial charge in [-0.05, 0) is 98.2 Å². The van der Waals surface area contributed by atoms with Crippen molar-refractivity contribution in [1.29, 1.82) is 0 Å². The third-order valence-corrected chi connectivity index (χ3v) is 11.4. The average molecular weight is 782 g/mol. The molecule has 2 aromatic heterocycles. The number of nitrogens with one attached hydrogen (secondary N) is 1. The van der Waals surface area contributed by atoms with Crippen molar-refractivity contribution < 1.29 is 24.2 Å². The Labute approximate surface area is 296 Å². The zero-order chi connectivity index (χ0) is 33.9. The SMILES string of the molecule is C[C@@]1(O)CCCN(c2nc(OCC3(CN4CCCC(c5n[nH]c(=O)o5)C4)CC3)nc3c2CN(C(=O)c2cc(O)cc4cccc(I)c24)C3)C1. The Kier molecular flexibility index (Phi) is 8.30. The lowest BCUT2D eigenvalue weighted by Gasteiger charge is -2.38. The first-order valence-corrected chi connectivity index (χ1v) is 18.1. The zero-order valence-electron chi connectivity index (χ0n) is 27.5. The minimum Gasteiger partial charge on any atom is -0.508 e. The van der Waals surface area contributed by atoms with Crippen molar-refractivity contribution >= 4 is 45.1 Å². The van der Waals surface area contributed by atoms with Gasteiger partial charge in [0.2, 0.25) is 5.89 Å². The number of carbonyl (C=O) groups is 1. The minimum atomic E-state index is -0.856. The molecule has 4 aromatic rings. The second kappa shape index (κ2) is 12.5. The number of halogens is 1. The van der Waals surface area contributed by atoms with Crippen LogP contribution >= 0.6 is 22.6 Å². The Morgan fingerprint density at radius 3 is 2.80 bits per heavy atom. The molecule has 0 spiro atoms. The second-order valence-corrected chi connectivity index (χ2v) is 15.7. The number of likely N-dealkylation sites (tertiary alicyclic amines) is 1. The predicted molar refractivity (Wildman–Crippen MR) is 189 cm³/mol. The number of phenolic OH excluding ortho intramolecular Hbond substituents is 1. The van der Waals surface area contributed by atoms with Gasteiger partial charge in [0.1, 0.15) is 11.6 Å². The van der Waals surface area contributed by atoms with Gasteiger partial charge in [0.25, 0.3) is 5.91 Å². The highest BCUT2D eigenvalue weighted by Crippen LogP contribution is 2.47. The quantitative estimate of drug-likeness (QED) is 0.220. The number of hydrogen-bond acceptors (Lipinski definition) is 11. The number of amides is 1. The van der Waals surface area contributed by atoms with Crippen LogP contribution in [0.2, 0.25) is 0 Å². The highest BCUT2D eigenvalue weighted by atomic mass is 127. The molecule has 1 saturated carbocycles. The lowest BCUT2D eigenvalue weighted by molar-refractivity contribution is 0.0445. The number of H-pyrrole nitrogens is 1. The van der Waals surface area contributed by atoms with Gasteiger partial charge in [0.15, 0.2) is 0 Å². The van der Waals surface area contributed by atoms with Gasteiger partial charge < -0.3 is 34.1 Å².